The zero-order valence-corrected chi connectivity index (χ0v) is 13.1. The van der Waals surface area contributed by atoms with Crippen LogP contribution in [0, 0.1) is 11.3 Å². The Bertz CT molecular complexity index is 951. The average molecular weight is 307 g/mol. The number of pyridine rings is 1. The topological polar surface area (TPSA) is 67.1 Å². The molecule has 1 aliphatic carbocycles. The summed E-state index contributed by atoms with van der Waals surface area (Å²) < 4.78 is 2.15. The first-order valence-corrected chi connectivity index (χ1v) is 7.98. The van der Waals surface area contributed by atoms with Crippen LogP contribution in [0.25, 0.3) is 16.7 Å². The molecule has 3 aromatic rings. The second-order valence-electron chi connectivity index (χ2n) is 6.09. The lowest BCUT2D eigenvalue weighted by Gasteiger charge is -2.18. The zero-order chi connectivity index (χ0) is 16.0. The number of nitrogens with one attached hydrogen (secondary N) is 1. The molecule has 2 N–H and O–H groups in total. The summed E-state index contributed by atoms with van der Waals surface area (Å²) in [6, 6.07) is 10.5. The van der Waals surface area contributed by atoms with Crippen molar-refractivity contribution in [2.24, 2.45) is 0 Å². The first-order valence-electron chi connectivity index (χ1n) is 7.98. The smallest absolute Gasteiger partial charge is 0.250 e. The van der Waals surface area contributed by atoms with Gasteiger partial charge in [-0.05, 0) is 37.0 Å². The van der Waals surface area contributed by atoms with Crippen molar-refractivity contribution in [3.8, 4) is 6.07 Å². The lowest BCUT2D eigenvalue weighted by molar-refractivity contribution is -0.467. The summed E-state index contributed by atoms with van der Waals surface area (Å²) in [5, 5.41) is 19.1. The third kappa shape index (κ3) is 1.92. The maximum Gasteiger partial charge on any atom is 0.250 e. The third-order valence-corrected chi connectivity index (χ3v) is 4.77. The molecule has 0 unspecified atom stereocenters. The van der Waals surface area contributed by atoms with Crippen molar-refractivity contribution >= 4 is 22.5 Å². The lowest BCUT2D eigenvalue weighted by Crippen LogP contribution is -2.36. The molecule has 0 atom stereocenters. The molecular formula is C18H19N4O+. The van der Waals surface area contributed by atoms with E-state index in [1.54, 1.807) is 0 Å². The van der Waals surface area contributed by atoms with Gasteiger partial charge in [0.2, 0.25) is 11.5 Å². The Labute approximate surface area is 134 Å². The van der Waals surface area contributed by atoms with Crippen LogP contribution >= 0.6 is 0 Å². The number of rotatable bonds is 3. The van der Waals surface area contributed by atoms with Crippen molar-refractivity contribution in [2.45, 2.75) is 19.3 Å². The summed E-state index contributed by atoms with van der Waals surface area (Å²) in [4.78, 5) is 5.51. The van der Waals surface area contributed by atoms with E-state index < -0.39 is 0 Å². The molecule has 2 heterocycles. The number of aliphatic hydroxyl groups is 1. The summed E-state index contributed by atoms with van der Waals surface area (Å²) in [5.74, 6) is 1.10. The molecule has 0 fully saturated rings. The quantitative estimate of drug-likeness (QED) is 0.724. The van der Waals surface area contributed by atoms with E-state index in [4.69, 9.17) is 0 Å². The Kier molecular flexibility index (Phi) is 3.21. The van der Waals surface area contributed by atoms with E-state index in [0.717, 1.165) is 47.3 Å². The molecule has 0 spiro atoms. The van der Waals surface area contributed by atoms with Gasteiger partial charge < -0.3 is 5.11 Å². The van der Waals surface area contributed by atoms with Crippen molar-refractivity contribution in [2.75, 3.05) is 25.1 Å². The van der Waals surface area contributed by atoms with E-state index in [2.05, 4.69) is 26.4 Å². The molecular weight excluding hydrogens is 288 g/mol. The van der Waals surface area contributed by atoms with Crippen LogP contribution in [-0.4, -0.2) is 30.3 Å². The highest BCUT2D eigenvalue weighted by molar-refractivity contribution is 5.78. The van der Waals surface area contributed by atoms with Crippen LogP contribution in [-0.2, 0) is 12.8 Å². The predicted octanol–water partition coefficient (Wildman–Crippen LogP) is 1.70. The number of hydrogen-bond donors (Lipinski definition) is 2. The Balaban J connectivity index is 2.19. The first-order chi connectivity index (χ1) is 11.3. The highest BCUT2D eigenvalue weighted by Crippen LogP contribution is 2.33. The van der Waals surface area contributed by atoms with Crippen LogP contribution in [0.2, 0.25) is 0 Å². The molecule has 1 aliphatic rings. The predicted molar refractivity (Wildman–Crippen MR) is 88.6 cm³/mol. The second kappa shape index (κ2) is 5.25. The van der Waals surface area contributed by atoms with Crippen molar-refractivity contribution in [1.29, 1.82) is 5.26 Å². The van der Waals surface area contributed by atoms with Gasteiger partial charge in [-0.3, -0.25) is 9.88 Å². The summed E-state index contributed by atoms with van der Waals surface area (Å²) in [6.07, 6.45) is 3.01. The van der Waals surface area contributed by atoms with Crippen LogP contribution < -0.4 is 9.30 Å². The summed E-state index contributed by atoms with van der Waals surface area (Å²) in [7, 11) is 2.00. The van der Waals surface area contributed by atoms with Crippen molar-refractivity contribution in [3.05, 3.63) is 41.0 Å². The molecule has 0 amide bonds. The van der Waals surface area contributed by atoms with E-state index in [-0.39, 0.29) is 6.61 Å². The average Bonchev–Trinajstić information content (AvgIpc) is 3.17. The SMILES string of the molecule is CN(CCO)c1c2c(c(C#N)c3[nH]c4ccccc4[n+]13)CCC2. The highest BCUT2D eigenvalue weighted by atomic mass is 16.3. The number of benzene rings is 1. The summed E-state index contributed by atoms with van der Waals surface area (Å²) in [6.45, 7) is 0.676. The number of nitriles is 1. The maximum atomic E-state index is 9.72. The van der Waals surface area contributed by atoms with E-state index in [0.29, 0.717) is 6.54 Å². The number of nitrogens with zero attached hydrogens (tertiary/aromatic N) is 3. The molecule has 0 bridgehead atoms. The fourth-order valence-corrected chi connectivity index (χ4v) is 3.79. The molecule has 0 saturated carbocycles. The molecule has 116 valence electrons. The number of aromatic amines is 1. The van der Waals surface area contributed by atoms with Gasteiger partial charge in [0, 0.05) is 5.56 Å². The number of anilines is 1. The molecule has 5 heteroatoms. The van der Waals surface area contributed by atoms with Gasteiger partial charge in [-0.2, -0.15) is 9.66 Å². The number of imidazole rings is 1. The Morgan fingerprint density at radius 2 is 2.09 bits per heavy atom. The van der Waals surface area contributed by atoms with Gasteiger partial charge in [0.25, 0.3) is 0 Å². The zero-order valence-electron chi connectivity index (χ0n) is 13.1. The molecule has 2 aromatic heterocycles. The van der Waals surface area contributed by atoms with E-state index in [1.165, 1.54) is 11.1 Å². The number of fused-ring (bicyclic) bond motifs is 4. The third-order valence-electron chi connectivity index (χ3n) is 4.77. The fourth-order valence-electron chi connectivity index (χ4n) is 3.79. The first kappa shape index (κ1) is 14.0. The van der Waals surface area contributed by atoms with Crippen LogP contribution in [0.3, 0.4) is 0 Å². The number of hydrogen-bond acceptors (Lipinski definition) is 3. The van der Waals surface area contributed by atoms with Gasteiger partial charge >= 0.3 is 0 Å². The van der Waals surface area contributed by atoms with Gasteiger partial charge in [-0.15, -0.1) is 0 Å². The molecule has 1 aromatic carbocycles. The largest absolute Gasteiger partial charge is 0.393 e. The van der Waals surface area contributed by atoms with Gasteiger partial charge in [-0.1, -0.05) is 12.1 Å². The minimum absolute atomic E-state index is 0.107. The maximum absolute atomic E-state index is 9.72. The number of aromatic nitrogens is 2. The van der Waals surface area contributed by atoms with Crippen molar-refractivity contribution in [1.82, 2.24) is 4.98 Å². The Morgan fingerprint density at radius 1 is 1.30 bits per heavy atom. The number of likely N-dealkylation sites (N-methyl/N-ethyl adjacent to an activating group) is 1. The number of aliphatic hydroxyl groups excluding tert-OH is 1. The molecule has 0 radical (unpaired) electrons. The minimum atomic E-state index is 0.107. The fraction of sp³-hybridized carbons (Fsp3) is 0.333. The van der Waals surface area contributed by atoms with Crippen LogP contribution in [0.15, 0.2) is 24.3 Å². The highest BCUT2D eigenvalue weighted by Gasteiger charge is 2.31. The minimum Gasteiger partial charge on any atom is -0.393 e. The standard InChI is InChI=1S/C18H18N4O/c1-21(9-10-23)18-13-6-4-5-12(13)14(11-19)17-20-15-7-2-3-8-16(15)22(17)18/h2-3,7-8,23H,4-6,9-10H2,1H3/p+1. The van der Waals surface area contributed by atoms with Crippen molar-refractivity contribution in [3.63, 3.8) is 0 Å². The van der Waals surface area contributed by atoms with Crippen LogP contribution in [0.4, 0.5) is 5.82 Å². The molecule has 5 nitrogen and oxygen atoms in total. The summed E-state index contributed by atoms with van der Waals surface area (Å²) in [5.41, 5.74) is 6.11. The molecule has 23 heavy (non-hydrogen) atoms. The van der Waals surface area contributed by atoms with E-state index >= 15 is 0 Å². The van der Waals surface area contributed by atoms with Gasteiger partial charge in [-0.25, -0.2) is 0 Å². The molecule has 0 saturated heterocycles. The van der Waals surface area contributed by atoms with Crippen molar-refractivity contribution < 1.29 is 9.51 Å². The van der Waals surface area contributed by atoms with E-state index in [1.807, 2.05) is 25.2 Å². The van der Waals surface area contributed by atoms with Gasteiger partial charge in [0.1, 0.15) is 22.7 Å². The Morgan fingerprint density at radius 3 is 2.87 bits per heavy atom. The Hall–Kier alpha value is -2.58. The summed E-state index contributed by atoms with van der Waals surface area (Å²) >= 11 is 0. The molecule has 4 rings (SSSR count). The number of H-pyrrole nitrogens is 1. The van der Waals surface area contributed by atoms with Gasteiger partial charge in [0.15, 0.2) is 0 Å². The molecule has 0 aliphatic heterocycles. The van der Waals surface area contributed by atoms with Gasteiger partial charge in [0.05, 0.1) is 20.2 Å². The van der Waals surface area contributed by atoms with E-state index in [9.17, 15) is 10.4 Å². The lowest BCUT2D eigenvalue weighted by atomic mass is 10.1. The normalized spacial score (nSPS) is 13.4. The van der Waals surface area contributed by atoms with Crippen LogP contribution in [0.5, 0.6) is 0 Å². The second-order valence-corrected chi connectivity index (χ2v) is 6.09. The monoisotopic (exact) mass is 307 g/mol. The number of para-hydroxylation sites is 2. The van der Waals surface area contributed by atoms with Crippen LogP contribution in [0.1, 0.15) is 23.1 Å².